The largest absolute Gasteiger partial charge is 0.481 e. The summed E-state index contributed by atoms with van der Waals surface area (Å²) in [6.45, 7) is 18.6. The van der Waals surface area contributed by atoms with Crippen molar-refractivity contribution < 1.29 is 24.5 Å². The molecule has 1 unspecified atom stereocenters. The Morgan fingerprint density at radius 3 is 2.20 bits per heavy atom. The molecule has 0 spiro atoms. The van der Waals surface area contributed by atoms with E-state index >= 15 is 0 Å². The van der Waals surface area contributed by atoms with Crippen LogP contribution in [-0.4, -0.2) is 50.9 Å². The van der Waals surface area contributed by atoms with Gasteiger partial charge in [-0.3, -0.25) is 4.90 Å². The fourth-order valence-corrected chi connectivity index (χ4v) is 7.92. The first-order valence-electron chi connectivity index (χ1n) is 16.1. The second-order valence-corrected chi connectivity index (χ2v) is 15.4. The van der Waals surface area contributed by atoms with Crippen molar-refractivity contribution in [3.05, 3.63) is 58.8 Å². The third-order valence-corrected chi connectivity index (χ3v) is 10.5. The van der Waals surface area contributed by atoms with E-state index in [0.29, 0.717) is 18.3 Å². The molecule has 1 aromatic heterocycles. The van der Waals surface area contributed by atoms with Crippen molar-refractivity contribution in [3.8, 4) is 5.88 Å². The maximum Gasteiger partial charge on any atom is 0.408 e. The van der Waals surface area contributed by atoms with E-state index in [0.717, 1.165) is 29.5 Å². The number of carboxylic acids is 1. The molecule has 1 saturated heterocycles. The van der Waals surface area contributed by atoms with Gasteiger partial charge in [-0.2, -0.15) is 0 Å². The number of aliphatic carboxylic acids is 1. The highest BCUT2D eigenvalue weighted by Crippen LogP contribution is 2.59. The maximum absolute atomic E-state index is 13.9. The number of hydrogen-bond acceptors (Lipinski definition) is 5. The average Bonchev–Trinajstić information content (AvgIpc) is 3.22. The lowest BCUT2D eigenvalue weighted by molar-refractivity contribution is -0.163. The first-order chi connectivity index (χ1) is 20.5. The molecule has 5 atom stereocenters. The van der Waals surface area contributed by atoms with Gasteiger partial charge in [0, 0.05) is 30.3 Å². The monoisotopic (exact) mass is 607 g/mol. The van der Waals surface area contributed by atoms with Gasteiger partial charge in [0.1, 0.15) is 0 Å². The van der Waals surface area contributed by atoms with Crippen molar-refractivity contribution in [2.45, 2.75) is 118 Å². The summed E-state index contributed by atoms with van der Waals surface area (Å²) in [6, 6.07) is 8.78. The average molecular weight is 608 g/mol. The number of aromatic nitrogens is 1. The zero-order chi connectivity index (χ0) is 32.8. The summed E-state index contributed by atoms with van der Waals surface area (Å²) in [5, 5.41) is 26.2. The molecule has 44 heavy (non-hydrogen) atoms. The van der Waals surface area contributed by atoms with E-state index in [1.807, 2.05) is 78.9 Å². The first kappa shape index (κ1) is 33.8. The van der Waals surface area contributed by atoms with Crippen LogP contribution in [0.2, 0.25) is 0 Å². The fourth-order valence-electron chi connectivity index (χ4n) is 7.92. The minimum Gasteiger partial charge on any atom is -0.481 e. The molecule has 2 heterocycles. The number of carboxylic acid groups (broad SMARTS) is 2. The Labute approximate surface area is 263 Å². The summed E-state index contributed by atoms with van der Waals surface area (Å²) >= 11 is 0. The molecule has 2 aliphatic rings. The van der Waals surface area contributed by atoms with Gasteiger partial charge in [0.05, 0.1) is 13.2 Å². The highest BCUT2D eigenvalue weighted by molar-refractivity contribution is 5.87. The summed E-state index contributed by atoms with van der Waals surface area (Å²) < 4.78 is 5.67. The number of likely N-dealkylation sites (tertiary alicyclic amines) is 1. The maximum atomic E-state index is 13.9. The van der Waals surface area contributed by atoms with Gasteiger partial charge in [0.15, 0.2) is 5.54 Å². The Morgan fingerprint density at radius 1 is 1.09 bits per heavy atom. The van der Waals surface area contributed by atoms with Crippen LogP contribution in [0.25, 0.3) is 0 Å². The summed E-state index contributed by atoms with van der Waals surface area (Å²) in [4.78, 5) is 33.4. The molecule has 2 aromatic rings. The van der Waals surface area contributed by atoms with Crippen LogP contribution in [-0.2, 0) is 11.3 Å². The number of methoxy groups -OCH3 is 1. The number of pyridine rings is 1. The molecule has 1 saturated carbocycles. The number of carbonyl (C=O) groups is 2. The third-order valence-electron chi connectivity index (χ3n) is 10.5. The van der Waals surface area contributed by atoms with Crippen LogP contribution in [0, 0.1) is 22.7 Å². The van der Waals surface area contributed by atoms with Crippen molar-refractivity contribution in [3.63, 3.8) is 0 Å². The van der Waals surface area contributed by atoms with Gasteiger partial charge >= 0.3 is 12.1 Å². The molecule has 242 valence electrons. The minimum atomic E-state index is -1.72. The molecule has 3 N–H and O–H groups in total. The SMILES string of the molecule is COc1ncc(C2CCC2)cc1CN[C@H]1[C@H](C(C)(C)C)[C@](C(=O)O)(C(C)C(C)(C)C)N(C(=O)O)[C@H]1c1ccccc1C(C)C. The Hall–Kier alpha value is -3.13. The van der Waals surface area contributed by atoms with Crippen molar-refractivity contribution in [2.75, 3.05) is 7.11 Å². The van der Waals surface area contributed by atoms with Gasteiger partial charge in [-0.25, -0.2) is 14.6 Å². The molecule has 1 aliphatic carbocycles. The lowest BCUT2D eigenvalue weighted by Gasteiger charge is -2.51. The van der Waals surface area contributed by atoms with Gasteiger partial charge in [-0.15, -0.1) is 0 Å². The predicted octanol–water partition coefficient (Wildman–Crippen LogP) is 7.84. The van der Waals surface area contributed by atoms with E-state index in [9.17, 15) is 19.8 Å². The minimum absolute atomic E-state index is 0.110. The number of rotatable bonds is 9. The van der Waals surface area contributed by atoms with E-state index in [2.05, 4.69) is 30.2 Å². The molecule has 4 rings (SSSR count). The number of nitrogens with one attached hydrogen (secondary N) is 1. The molecular weight excluding hydrogens is 554 g/mol. The second-order valence-electron chi connectivity index (χ2n) is 15.4. The normalized spacial score (nSPS) is 25.2. The van der Waals surface area contributed by atoms with E-state index in [-0.39, 0.29) is 5.92 Å². The Kier molecular flexibility index (Phi) is 9.47. The summed E-state index contributed by atoms with van der Waals surface area (Å²) in [5.41, 5.74) is 1.12. The Balaban J connectivity index is 1.99. The standard InChI is InChI=1S/C36H53N3O5/c1-21(2)26-16-11-12-17-27(26)29-28(37-20-25-18-24(23-14-13-15-23)19-38-31(25)44-10)30(35(7,8)9)36(32(40)41,39(29)33(42)43)22(3)34(4,5)6/h11-12,16-19,21-23,28-30,37H,13-15,20H2,1-10H3,(H,40,41)(H,42,43)/t22?,28-,29+,30-,36+/m1/s1. The van der Waals surface area contributed by atoms with Crippen LogP contribution in [0.15, 0.2) is 36.5 Å². The topological polar surface area (TPSA) is 112 Å². The van der Waals surface area contributed by atoms with Gasteiger partial charge in [0.2, 0.25) is 5.88 Å². The van der Waals surface area contributed by atoms with Crippen molar-refractivity contribution in [2.24, 2.45) is 22.7 Å². The van der Waals surface area contributed by atoms with Gasteiger partial charge in [-0.1, -0.05) is 93.0 Å². The highest BCUT2D eigenvalue weighted by atomic mass is 16.5. The lowest BCUT2D eigenvalue weighted by Crippen LogP contribution is -2.65. The molecule has 1 amide bonds. The molecule has 8 nitrogen and oxygen atoms in total. The van der Waals surface area contributed by atoms with Crippen molar-refractivity contribution in [1.29, 1.82) is 0 Å². The van der Waals surface area contributed by atoms with E-state index in [4.69, 9.17) is 4.74 Å². The molecule has 0 bridgehead atoms. The number of ether oxygens (including phenoxy) is 1. The molecule has 0 radical (unpaired) electrons. The first-order valence-corrected chi connectivity index (χ1v) is 16.1. The number of nitrogens with zero attached hydrogens (tertiary/aromatic N) is 2. The number of benzene rings is 1. The van der Waals surface area contributed by atoms with E-state index in [1.54, 1.807) is 7.11 Å². The van der Waals surface area contributed by atoms with Crippen LogP contribution in [0.3, 0.4) is 0 Å². The molecular formula is C36H53N3O5. The third kappa shape index (κ3) is 5.82. The van der Waals surface area contributed by atoms with Gasteiger partial charge in [0.25, 0.3) is 0 Å². The summed E-state index contributed by atoms with van der Waals surface area (Å²) in [5.74, 6) is -1.10. The predicted molar refractivity (Wildman–Crippen MR) is 173 cm³/mol. The van der Waals surface area contributed by atoms with E-state index in [1.165, 1.54) is 16.9 Å². The van der Waals surface area contributed by atoms with Crippen LogP contribution in [0.5, 0.6) is 5.88 Å². The van der Waals surface area contributed by atoms with Crippen LogP contribution >= 0.6 is 0 Å². The number of amides is 1. The molecule has 1 aliphatic heterocycles. The smallest absolute Gasteiger partial charge is 0.408 e. The fraction of sp³-hybridized carbons (Fsp3) is 0.639. The van der Waals surface area contributed by atoms with Crippen molar-refractivity contribution in [1.82, 2.24) is 15.2 Å². The van der Waals surface area contributed by atoms with Gasteiger partial charge in [-0.05, 0) is 64.2 Å². The Morgan fingerprint density at radius 2 is 1.73 bits per heavy atom. The van der Waals surface area contributed by atoms with Gasteiger partial charge < -0.3 is 20.3 Å². The quantitative estimate of drug-likeness (QED) is 0.266. The summed E-state index contributed by atoms with van der Waals surface area (Å²) in [6.07, 6.45) is 4.17. The molecule has 8 heteroatoms. The molecule has 1 aromatic carbocycles. The van der Waals surface area contributed by atoms with Crippen LogP contribution < -0.4 is 10.1 Å². The van der Waals surface area contributed by atoms with Crippen LogP contribution in [0.1, 0.15) is 122 Å². The number of hydrogen-bond donors (Lipinski definition) is 3. The van der Waals surface area contributed by atoms with E-state index < -0.39 is 52.4 Å². The van der Waals surface area contributed by atoms with Crippen LogP contribution in [0.4, 0.5) is 4.79 Å². The Bertz CT molecular complexity index is 1360. The lowest BCUT2D eigenvalue weighted by atomic mass is 9.58. The molecule has 2 fully saturated rings. The zero-order valence-electron chi connectivity index (χ0n) is 28.3. The zero-order valence-corrected chi connectivity index (χ0v) is 28.3. The summed E-state index contributed by atoms with van der Waals surface area (Å²) in [7, 11) is 1.61. The second kappa shape index (κ2) is 12.3. The van der Waals surface area contributed by atoms with Crippen molar-refractivity contribution >= 4 is 12.1 Å². The highest BCUT2D eigenvalue weighted by Gasteiger charge is 2.71.